The zero-order valence-electron chi connectivity index (χ0n) is 10.4. The van der Waals surface area contributed by atoms with E-state index in [0.29, 0.717) is 10.9 Å². The average Bonchev–Trinajstić information content (AvgIpc) is 2.85. The van der Waals surface area contributed by atoms with Crippen molar-refractivity contribution >= 4 is 55.2 Å². The molecule has 0 aliphatic heterocycles. The van der Waals surface area contributed by atoms with Crippen LogP contribution in [0.4, 0.5) is 10.9 Å². The molecule has 100 valence electrons. The highest BCUT2D eigenvalue weighted by Crippen LogP contribution is 2.25. The van der Waals surface area contributed by atoms with E-state index < -0.39 is 0 Å². The lowest BCUT2D eigenvalue weighted by Crippen LogP contribution is -1.91. The number of aromatic nitrogens is 1. The van der Waals surface area contributed by atoms with Gasteiger partial charge in [-0.1, -0.05) is 40.2 Å². The van der Waals surface area contributed by atoms with Gasteiger partial charge in [0.05, 0.1) is 6.21 Å². The van der Waals surface area contributed by atoms with Gasteiger partial charge < -0.3 is 5.73 Å². The van der Waals surface area contributed by atoms with Crippen molar-refractivity contribution in [3.05, 3.63) is 51.8 Å². The Labute approximate surface area is 128 Å². The summed E-state index contributed by atoms with van der Waals surface area (Å²) < 4.78 is 1.05. The molecule has 3 N–H and O–H groups in total. The third-order valence-corrected chi connectivity index (χ3v) is 4.15. The van der Waals surface area contributed by atoms with Crippen molar-refractivity contribution in [2.24, 2.45) is 5.10 Å². The molecule has 0 fully saturated rings. The normalized spacial score (nSPS) is 11.2. The molecule has 4 nitrogen and oxygen atoms in total. The maximum absolute atomic E-state index is 5.54. The quantitative estimate of drug-likeness (QED) is 0.554. The summed E-state index contributed by atoms with van der Waals surface area (Å²) in [5.74, 6) is 0.501. The van der Waals surface area contributed by atoms with Gasteiger partial charge in [-0.05, 0) is 28.5 Å². The van der Waals surface area contributed by atoms with E-state index in [0.717, 1.165) is 10.0 Å². The molecule has 0 aliphatic rings. The monoisotopic (exact) mass is 346 g/mol. The van der Waals surface area contributed by atoms with Crippen molar-refractivity contribution in [1.29, 1.82) is 0 Å². The SMILES string of the molecule is Nc1csc(NN=Cc2cc(Br)c3ccccc3c2)n1. The molecule has 0 unspecified atom stereocenters. The number of anilines is 2. The zero-order valence-corrected chi connectivity index (χ0v) is 12.8. The van der Waals surface area contributed by atoms with Gasteiger partial charge in [-0.15, -0.1) is 11.3 Å². The van der Waals surface area contributed by atoms with Crippen LogP contribution in [0.1, 0.15) is 5.56 Å². The molecule has 0 saturated carbocycles. The van der Waals surface area contributed by atoms with Gasteiger partial charge in [0, 0.05) is 9.85 Å². The lowest BCUT2D eigenvalue weighted by atomic mass is 10.1. The molecular formula is C14H11BrN4S. The Balaban J connectivity index is 1.83. The molecule has 0 radical (unpaired) electrons. The third-order valence-electron chi connectivity index (χ3n) is 2.73. The number of hydrogen-bond acceptors (Lipinski definition) is 5. The number of rotatable bonds is 3. The predicted molar refractivity (Wildman–Crippen MR) is 89.4 cm³/mol. The number of hydrogen-bond donors (Lipinski definition) is 2. The maximum Gasteiger partial charge on any atom is 0.205 e. The first-order valence-electron chi connectivity index (χ1n) is 5.91. The van der Waals surface area contributed by atoms with Gasteiger partial charge in [-0.3, -0.25) is 5.43 Å². The number of thiazole rings is 1. The number of fused-ring (bicyclic) bond motifs is 1. The van der Waals surface area contributed by atoms with Gasteiger partial charge >= 0.3 is 0 Å². The lowest BCUT2D eigenvalue weighted by Gasteiger charge is -2.02. The molecular weight excluding hydrogens is 336 g/mol. The summed E-state index contributed by atoms with van der Waals surface area (Å²) in [6.45, 7) is 0. The first-order valence-corrected chi connectivity index (χ1v) is 7.58. The number of halogens is 1. The van der Waals surface area contributed by atoms with Crippen molar-refractivity contribution in [2.45, 2.75) is 0 Å². The Kier molecular flexibility index (Phi) is 3.66. The summed E-state index contributed by atoms with van der Waals surface area (Å²) in [6.07, 6.45) is 1.76. The number of hydrazone groups is 1. The standard InChI is InChI=1S/C14H11BrN4S/c15-12-6-9(5-10-3-1-2-4-11(10)12)7-17-19-14-18-13(16)8-20-14/h1-8H,16H2,(H,18,19). The van der Waals surface area contributed by atoms with E-state index in [9.17, 15) is 0 Å². The van der Waals surface area contributed by atoms with Gasteiger partial charge in [-0.2, -0.15) is 5.10 Å². The topological polar surface area (TPSA) is 63.3 Å². The Morgan fingerprint density at radius 1 is 1.30 bits per heavy atom. The highest BCUT2D eigenvalue weighted by atomic mass is 79.9. The molecule has 3 aromatic rings. The first kappa shape index (κ1) is 13.1. The highest BCUT2D eigenvalue weighted by molar-refractivity contribution is 9.10. The van der Waals surface area contributed by atoms with Crippen LogP contribution in [-0.4, -0.2) is 11.2 Å². The maximum atomic E-state index is 5.54. The van der Waals surface area contributed by atoms with Crippen molar-refractivity contribution in [3.8, 4) is 0 Å². The molecule has 0 saturated heterocycles. The molecule has 1 heterocycles. The number of benzene rings is 2. The van der Waals surface area contributed by atoms with Gasteiger partial charge in [0.2, 0.25) is 5.13 Å². The molecule has 20 heavy (non-hydrogen) atoms. The molecule has 0 atom stereocenters. The van der Waals surface area contributed by atoms with E-state index in [1.807, 2.05) is 18.2 Å². The number of nitrogen functional groups attached to an aromatic ring is 1. The second-order valence-electron chi connectivity index (χ2n) is 4.17. The largest absolute Gasteiger partial charge is 0.383 e. The van der Waals surface area contributed by atoms with E-state index in [1.165, 1.54) is 22.1 Å². The van der Waals surface area contributed by atoms with Gasteiger partial charge in [-0.25, -0.2) is 4.98 Å². The summed E-state index contributed by atoms with van der Waals surface area (Å²) >= 11 is 5.00. The number of nitrogens with one attached hydrogen (secondary N) is 1. The smallest absolute Gasteiger partial charge is 0.205 e. The van der Waals surface area contributed by atoms with Gasteiger partial charge in [0.1, 0.15) is 5.82 Å². The van der Waals surface area contributed by atoms with Crippen molar-refractivity contribution in [2.75, 3.05) is 11.2 Å². The predicted octanol–water partition coefficient (Wildman–Crippen LogP) is 4.09. The molecule has 6 heteroatoms. The average molecular weight is 347 g/mol. The molecule has 0 spiro atoms. The summed E-state index contributed by atoms with van der Waals surface area (Å²) in [4.78, 5) is 4.07. The summed E-state index contributed by atoms with van der Waals surface area (Å²) in [5.41, 5.74) is 9.41. The van der Waals surface area contributed by atoms with Crippen LogP contribution in [0.5, 0.6) is 0 Å². The zero-order chi connectivity index (χ0) is 13.9. The fraction of sp³-hybridized carbons (Fsp3) is 0. The van der Waals surface area contributed by atoms with E-state index >= 15 is 0 Å². The van der Waals surface area contributed by atoms with Crippen LogP contribution >= 0.6 is 27.3 Å². The van der Waals surface area contributed by atoms with Gasteiger partial charge in [0.25, 0.3) is 0 Å². The molecule has 0 aliphatic carbocycles. The summed E-state index contributed by atoms with van der Waals surface area (Å²) in [6, 6.07) is 12.3. The molecule has 0 bridgehead atoms. The van der Waals surface area contributed by atoms with Crippen molar-refractivity contribution in [3.63, 3.8) is 0 Å². The second kappa shape index (κ2) is 5.60. The summed E-state index contributed by atoms with van der Waals surface area (Å²) in [7, 11) is 0. The highest BCUT2D eigenvalue weighted by Gasteiger charge is 2.00. The minimum absolute atomic E-state index is 0.501. The van der Waals surface area contributed by atoms with Crippen LogP contribution < -0.4 is 11.2 Å². The summed E-state index contributed by atoms with van der Waals surface area (Å²) in [5, 5.41) is 8.97. The minimum atomic E-state index is 0.501. The molecule has 2 aromatic carbocycles. The molecule has 0 amide bonds. The van der Waals surface area contributed by atoms with Crippen LogP contribution in [0.2, 0.25) is 0 Å². The number of nitrogens with two attached hydrogens (primary N) is 1. The fourth-order valence-electron chi connectivity index (χ4n) is 1.86. The Morgan fingerprint density at radius 3 is 2.95 bits per heavy atom. The van der Waals surface area contributed by atoms with E-state index in [-0.39, 0.29) is 0 Å². The molecule has 1 aromatic heterocycles. The van der Waals surface area contributed by atoms with E-state index in [1.54, 1.807) is 11.6 Å². The third kappa shape index (κ3) is 2.81. The van der Waals surface area contributed by atoms with Crippen molar-refractivity contribution in [1.82, 2.24) is 4.98 Å². The van der Waals surface area contributed by atoms with Crippen LogP contribution in [0.3, 0.4) is 0 Å². The fourth-order valence-corrected chi connectivity index (χ4v) is 3.03. The Hall–Kier alpha value is -1.92. The van der Waals surface area contributed by atoms with Crippen LogP contribution in [0.25, 0.3) is 10.8 Å². The van der Waals surface area contributed by atoms with Crippen LogP contribution in [-0.2, 0) is 0 Å². The van der Waals surface area contributed by atoms with Crippen LogP contribution in [0, 0.1) is 0 Å². The van der Waals surface area contributed by atoms with Gasteiger partial charge in [0.15, 0.2) is 0 Å². The first-order chi connectivity index (χ1) is 9.72. The minimum Gasteiger partial charge on any atom is -0.383 e. The Bertz CT molecular complexity index is 782. The van der Waals surface area contributed by atoms with E-state index in [2.05, 4.69) is 49.6 Å². The molecule has 3 rings (SSSR count). The van der Waals surface area contributed by atoms with Crippen LogP contribution in [0.15, 0.2) is 51.4 Å². The van der Waals surface area contributed by atoms with E-state index in [4.69, 9.17) is 5.73 Å². The second-order valence-corrected chi connectivity index (χ2v) is 5.88. The number of nitrogens with zero attached hydrogens (tertiary/aromatic N) is 2. The Morgan fingerprint density at radius 2 is 2.15 bits per heavy atom. The lowest BCUT2D eigenvalue weighted by molar-refractivity contribution is 1.29. The van der Waals surface area contributed by atoms with Crippen molar-refractivity contribution < 1.29 is 0 Å².